The lowest BCUT2D eigenvalue weighted by molar-refractivity contribution is -0.122. The molecule has 7 nitrogen and oxygen atoms in total. The van der Waals surface area contributed by atoms with E-state index in [-0.39, 0.29) is 30.8 Å². The quantitative estimate of drug-likeness (QED) is 0.715. The number of hydrogen-bond donors (Lipinski definition) is 3. The molecule has 3 N–H and O–H groups in total. The van der Waals surface area contributed by atoms with Crippen LogP contribution in [0.3, 0.4) is 0 Å². The Hall–Kier alpha value is -2.15. The number of rotatable bonds is 5. The number of carbonyl (C=O) groups is 2. The van der Waals surface area contributed by atoms with Gasteiger partial charge in [0.2, 0.25) is 5.91 Å². The summed E-state index contributed by atoms with van der Waals surface area (Å²) in [5, 5.41) is 15.4. The van der Waals surface area contributed by atoms with Crippen LogP contribution in [0.15, 0.2) is 18.5 Å². The first kappa shape index (κ1) is 17.2. The lowest BCUT2D eigenvalue weighted by Crippen LogP contribution is -2.40. The molecule has 1 aliphatic heterocycles. The molecule has 0 bridgehead atoms. The first-order valence-corrected chi connectivity index (χ1v) is 7.82. The van der Waals surface area contributed by atoms with Crippen LogP contribution in [-0.2, 0) is 11.2 Å². The minimum absolute atomic E-state index is 0.122. The Morgan fingerprint density at radius 3 is 2.91 bits per heavy atom. The highest BCUT2D eigenvalue weighted by molar-refractivity contribution is 5.77. The number of aryl methyl sites for hydroxylation is 1. The molecule has 3 amide bonds. The van der Waals surface area contributed by atoms with Gasteiger partial charge in [0.25, 0.3) is 0 Å². The highest BCUT2D eigenvalue weighted by Gasteiger charge is 2.34. The van der Waals surface area contributed by atoms with Crippen LogP contribution in [0.5, 0.6) is 0 Å². The zero-order valence-corrected chi connectivity index (χ0v) is 13.6. The van der Waals surface area contributed by atoms with Crippen LogP contribution in [0.4, 0.5) is 4.79 Å². The molecular weight excluding hydrogens is 296 g/mol. The van der Waals surface area contributed by atoms with E-state index in [2.05, 4.69) is 15.6 Å². The summed E-state index contributed by atoms with van der Waals surface area (Å²) in [5.74, 6) is -0.329. The smallest absolute Gasteiger partial charge is 0.317 e. The van der Waals surface area contributed by atoms with Crippen molar-refractivity contribution in [3.63, 3.8) is 0 Å². The lowest BCUT2D eigenvalue weighted by Gasteiger charge is -2.17. The monoisotopic (exact) mass is 320 g/mol. The number of aliphatic hydroxyl groups is 1. The van der Waals surface area contributed by atoms with Crippen LogP contribution in [0, 0.1) is 12.8 Å². The highest BCUT2D eigenvalue weighted by Crippen LogP contribution is 2.20. The summed E-state index contributed by atoms with van der Waals surface area (Å²) in [4.78, 5) is 29.2. The van der Waals surface area contributed by atoms with Crippen molar-refractivity contribution in [3.05, 3.63) is 29.6 Å². The van der Waals surface area contributed by atoms with Crippen LogP contribution >= 0.6 is 0 Å². The number of pyridine rings is 1. The number of nitrogens with zero attached hydrogens (tertiary/aromatic N) is 2. The maximum atomic E-state index is 12.2. The number of nitrogens with one attached hydrogen (secondary N) is 2. The molecule has 1 aliphatic rings. The van der Waals surface area contributed by atoms with Gasteiger partial charge in [-0.1, -0.05) is 0 Å². The summed E-state index contributed by atoms with van der Waals surface area (Å²) >= 11 is 0. The Morgan fingerprint density at radius 2 is 2.22 bits per heavy atom. The molecule has 2 heterocycles. The van der Waals surface area contributed by atoms with Gasteiger partial charge in [-0.2, -0.15) is 0 Å². The molecule has 126 valence electrons. The van der Waals surface area contributed by atoms with Gasteiger partial charge in [-0.3, -0.25) is 9.78 Å². The van der Waals surface area contributed by atoms with Crippen molar-refractivity contribution in [1.82, 2.24) is 20.5 Å². The number of urea groups is 1. The first-order chi connectivity index (χ1) is 11.0. The Labute approximate surface area is 136 Å². The molecule has 0 unspecified atom stereocenters. The average molecular weight is 320 g/mol. The van der Waals surface area contributed by atoms with E-state index in [1.165, 1.54) is 0 Å². The van der Waals surface area contributed by atoms with E-state index in [1.54, 1.807) is 24.3 Å². The van der Waals surface area contributed by atoms with Gasteiger partial charge in [0.05, 0.1) is 6.10 Å². The van der Waals surface area contributed by atoms with Gasteiger partial charge in [-0.25, -0.2) is 4.79 Å². The van der Waals surface area contributed by atoms with E-state index in [9.17, 15) is 14.7 Å². The number of amides is 3. The fourth-order valence-corrected chi connectivity index (χ4v) is 2.74. The maximum absolute atomic E-state index is 12.2. The van der Waals surface area contributed by atoms with E-state index in [0.717, 1.165) is 11.1 Å². The molecule has 23 heavy (non-hydrogen) atoms. The summed E-state index contributed by atoms with van der Waals surface area (Å²) in [6, 6.07) is 1.74. The van der Waals surface area contributed by atoms with E-state index < -0.39 is 6.10 Å². The van der Waals surface area contributed by atoms with Crippen LogP contribution in [-0.4, -0.2) is 59.7 Å². The van der Waals surface area contributed by atoms with Crippen LogP contribution in [0.1, 0.15) is 17.5 Å². The molecule has 1 aromatic rings. The molecule has 0 saturated carbocycles. The normalized spacial score (nSPS) is 20.4. The third-order valence-corrected chi connectivity index (χ3v) is 4.24. The fraction of sp³-hybridized carbons (Fsp3) is 0.562. The van der Waals surface area contributed by atoms with E-state index in [1.807, 2.05) is 13.0 Å². The van der Waals surface area contributed by atoms with Crippen molar-refractivity contribution in [2.75, 3.05) is 26.7 Å². The molecule has 2 rings (SSSR count). The molecule has 0 spiro atoms. The summed E-state index contributed by atoms with van der Waals surface area (Å²) in [7, 11) is 1.56. The molecule has 0 aromatic carbocycles. The Bertz CT molecular complexity index is 564. The van der Waals surface area contributed by atoms with Gasteiger partial charge >= 0.3 is 6.03 Å². The molecular formula is C16H24N4O3. The average Bonchev–Trinajstić information content (AvgIpc) is 2.90. The van der Waals surface area contributed by atoms with Crippen molar-refractivity contribution in [3.8, 4) is 0 Å². The second-order valence-electron chi connectivity index (χ2n) is 5.89. The van der Waals surface area contributed by atoms with E-state index in [4.69, 9.17) is 0 Å². The van der Waals surface area contributed by atoms with Crippen molar-refractivity contribution in [2.24, 2.45) is 5.92 Å². The Morgan fingerprint density at radius 1 is 1.43 bits per heavy atom. The molecule has 1 aromatic heterocycles. The summed E-state index contributed by atoms with van der Waals surface area (Å²) in [6.07, 6.45) is 3.84. The van der Waals surface area contributed by atoms with E-state index in [0.29, 0.717) is 19.5 Å². The zero-order valence-electron chi connectivity index (χ0n) is 13.6. The fourth-order valence-electron chi connectivity index (χ4n) is 2.74. The molecule has 0 aliphatic carbocycles. The third-order valence-electron chi connectivity index (χ3n) is 4.24. The number of β-amino-alcohol motifs (C(OH)–C–C–N with tert-alkyl or cyclic N) is 1. The minimum Gasteiger partial charge on any atom is -0.391 e. The largest absolute Gasteiger partial charge is 0.391 e. The highest BCUT2D eigenvalue weighted by atomic mass is 16.3. The SMILES string of the molecule is CNC(=O)C[C@@H]1CN(C(=O)NCCc2cnccc2C)C[C@H]1O. The topological polar surface area (TPSA) is 94.6 Å². The molecule has 1 saturated heterocycles. The number of likely N-dealkylation sites (tertiary alicyclic amines) is 1. The van der Waals surface area contributed by atoms with Gasteiger partial charge in [0.1, 0.15) is 0 Å². The molecule has 7 heteroatoms. The Balaban J connectivity index is 1.78. The van der Waals surface area contributed by atoms with Crippen molar-refractivity contribution in [2.45, 2.75) is 25.9 Å². The van der Waals surface area contributed by atoms with Crippen LogP contribution in [0.25, 0.3) is 0 Å². The number of hydrogen-bond acceptors (Lipinski definition) is 4. The molecule has 2 atom stereocenters. The predicted octanol–water partition coefficient (Wildman–Crippen LogP) is 0.0709. The molecule has 1 fully saturated rings. The summed E-state index contributed by atoms with van der Waals surface area (Å²) in [5.41, 5.74) is 2.25. The van der Waals surface area contributed by atoms with Crippen molar-refractivity contribution in [1.29, 1.82) is 0 Å². The zero-order chi connectivity index (χ0) is 16.8. The third kappa shape index (κ3) is 4.66. The number of aliphatic hydroxyl groups excluding tert-OH is 1. The number of aromatic nitrogens is 1. The summed E-state index contributed by atoms with van der Waals surface area (Å²) in [6.45, 7) is 3.18. The standard InChI is InChI=1S/C16H24N4O3/c1-11-3-5-18-8-12(11)4-6-19-16(23)20-9-13(14(21)10-20)7-15(22)17-2/h3,5,8,13-14,21H,4,6-7,9-10H2,1-2H3,(H,17,22)(H,19,23)/t13-,14-/m1/s1. The second kappa shape index (κ2) is 7.92. The second-order valence-corrected chi connectivity index (χ2v) is 5.89. The van der Waals surface area contributed by atoms with Gasteiger partial charge in [0, 0.05) is 51.4 Å². The Kier molecular flexibility index (Phi) is 5.92. The predicted molar refractivity (Wildman–Crippen MR) is 85.8 cm³/mol. The summed E-state index contributed by atoms with van der Waals surface area (Å²) < 4.78 is 0. The minimum atomic E-state index is -0.654. The van der Waals surface area contributed by atoms with Gasteiger partial charge in [-0.15, -0.1) is 0 Å². The van der Waals surface area contributed by atoms with E-state index >= 15 is 0 Å². The number of carbonyl (C=O) groups excluding carboxylic acids is 2. The molecule has 0 radical (unpaired) electrons. The van der Waals surface area contributed by atoms with Crippen molar-refractivity contribution >= 4 is 11.9 Å². The lowest BCUT2D eigenvalue weighted by atomic mass is 10.0. The van der Waals surface area contributed by atoms with Gasteiger partial charge in [-0.05, 0) is 30.5 Å². The first-order valence-electron chi connectivity index (χ1n) is 7.82. The van der Waals surface area contributed by atoms with Crippen LogP contribution in [0.2, 0.25) is 0 Å². The van der Waals surface area contributed by atoms with Gasteiger partial charge < -0.3 is 20.6 Å². The van der Waals surface area contributed by atoms with Crippen molar-refractivity contribution < 1.29 is 14.7 Å². The van der Waals surface area contributed by atoms with Crippen LogP contribution < -0.4 is 10.6 Å². The maximum Gasteiger partial charge on any atom is 0.317 e. The van der Waals surface area contributed by atoms with Gasteiger partial charge in [0.15, 0.2) is 0 Å².